The third-order valence-electron chi connectivity index (χ3n) is 5.39. The number of rotatable bonds is 8. The van der Waals surface area contributed by atoms with E-state index in [9.17, 15) is 4.79 Å². The van der Waals surface area contributed by atoms with Crippen molar-refractivity contribution in [2.45, 2.75) is 25.4 Å². The molecule has 3 N–H and O–H groups in total. The number of amides is 1. The Morgan fingerprint density at radius 1 is 1.24 bits per heavy atom. The number of fused-ring (bicyclic) bond motifs is 1. The minimum Gasteiger partial charge on any atom is -0.383 e. The summed E-state index contributed by atoms with van der Waals surface area (Å²) in [6.45, 7) is 1.31. The molecule has 0 radical (unpaired) electrons. The molecule has 0 spiro atoms. The lowest BCUT2D eigenvalue weighted by Gasteiger charge is -2.11. The molecule has 1 fully saturated rings. The van der Waals surface area contributed by atoms with Gasteiger partial charge in [0.05, 0.1) is 6.61 Å². The molecule has 1 amide bonds. The average molecular weight is 448 g/mol. The van der Waals surface area contributed by atoms with Crippen LogP contribution in [0.2, 0.25) is 0 Å². The van der Waals surface area contributed by atoms with Gasteiger partial charge in [0.25, 0.3) is 0 Å². The standard InChI is InChI=1S/C22H25N9O2/c1-23-18-17-20(31(13-25-17)22(32)27-15-6-7-15)29-21(28-18)26-16-5-3-4-14(12-16)19-24-8-9-30(19)10-11-33-2/h3-5,8-9,12-13,15H,6-7,10-11H2,1-2H3,(H,27,32)(H2,23,26,28,29). The lowest BCUT2D eigenvalue weighted by molar-refractivity contribution is 0.187. The number of nitrogens with zero attached hydrogens (tertiary/aromatic N) is 6. The molecular weight excluding hydrogens is 422 g/mol. The molecule has 0 unspecified atom stereocenters. The molecule has 0 aliphatic heterocycles. The smallest absolute Gasteiger partial charge is 0.328 e. The number of hydrogen-bond donors (Lipinski definition) is 3. The Kier molecular flexibility index (Phi) is 5.61. The molecule has 33 heavy (non-hydrogen) atoms. The van der Waals surface area contributed by atoms with Crippen molar-refractivity contribution in [3.63, 3.8) is 0 Å². The molecule has 1 aliphatic rings. The van der Waals surface area contributed by atoms with Crippen LogP contribution >= 0.6 is 0 Å². The second kappa shape index (κ2) is 8.87. The first-order chi connectivity index (χ1) is 16.2. The summed E-state index contributed by atoms with van der Waals surface area (Å²) in [4.78, 5) is 30.6. The molecule has 1 aliphatic carbocycles. The van der Waals surface area contributed by atoms with E-state index in [0.29, 0.717) is 36.1 Å². The second-order valence-corrected chi connectivity index (χ2v) is 7.80. The summed E-state index contributed by atoms with van der Waals surface area (Å²) in [5.74, 6) is 1.73. The van der Waals surface area contributed by atoms with Crippen LogP contribution in [0.25, 0.3) is 22.6 Å². The monoisotopic (exact) mass is 447 g/mol. The number of benzene rings is 1. The Labute approximate surface area is 190 Å². The molecule has 170 valence electrons. The van der Waals surface area contributed by atoms with Crippen LogP contribution in [0.3, 0.4) is 0 Å². The minimum atomic E-state index is -0.239. The summed E-state index contributed by atoms with van der Waals surface area (Å²) in [7, 11) is 3.44. The summed E-state index contributed by atoms with van der Waals surface area (Å²) in [5.41, 5.74) is 2.71. The zero-order valence-corrected chi connectivity index (χ0v) is 18.4. The van der Waals surface area contributed by atoms with E-state index in [1.807, 2.05) is 35.0 Å². The predicted octanol–water partition coefficient (Wildman–Crippen LogP) is 2.84. The highest BCUT2D eigenvalue weighted by Crippen LogP contribution is 2.26. The maximum absolute atomic E-state index is 12.6. The van der Waals surface area contributed by atoms with Crippen LogP contribution in [0.15, 0.2) is 43.0 Å². The van der Waals surface area contributed by atoms with E-state index in [2.05, 4.69) is 35.9 Å². The zero-order valence-electron chi connectivity index (χ0n) is 18.4. The van der Waals surface area contributed by atoms with E-state index in [4.69, 9.17) is 4.74 Å². The molecule has 0 bridgehead atoms. The fourth-order valence-electron chi connectivity index (χ4n) is 3.56. The van der Waals surface area contributed by atoms with Crippen LogP contribution < -0.4 is 16.0 Å². The van der Waals surface area contributed by atoms with Crippen molar-refractivity contribution in [1.82, 2.24) is 34.4 Å². The maximum Gasteiger partial charge on any atom is 0.328 e. The first-order valence-electron chi connectivity index (χ1n) is 10.8. The van der Waals surface area contributed by atoms with Gasteiger partial charge in [0.2, 0.25) is 5.95 Å². The number of carbonyl (C=O) groups is 1. The molecule has 1 saturated carbocycles. The van der Waals surface area contributed by atoms with Crippen LogP contribution in [0, 0.1) is 0 Å². The molecule has 11 nitrogen and oxygen atoms in total. The highest BCUT2D eigenvalue weighted by molar-refractivity contribution is 5.92. The number of hydrogen-bond acceptors (Lipinski definition) is 8. The highest BCUT2D eigenvalue weighted by Gasteiger charge is 2.25. The largest absolute Gasteiger partial charge is 0.383 e. The number of ether oxygens (including phenoxy) is 1. The number of carbonyl (C=O) groups excluding carboxylic acids is 1. The number of methoxy groups -OCH3 is 1. The van der Waals surface area contributed by atoms with Crippen molar-refractivity contribution >= 4 is 34.6 Å². The van der Waals surface area contributed by atoms with Crippen molar-refractivity contribution in [2.75, 3.05) is 31.4 Å². The zero-order chi connectivity index (χ0) is 22.8. The van der Waals surface area contributed by atoms with Gasteiger partial charge in [0, 0.05) is 50.4 Å². The summed E-state index contributed by atoms with van der Waals surface area (Å²) < 4.78 is 8.66. The number of anilines is 3. The molecule has 0 atom stereocenters. The first kappa shape index (κ1) is 20.9. The van der Waals surface area contributed by atoms with E-state index >= 15 is 0 Å². The van der Waals surface area contributed by atoms with Crippen molar-refractivity contribution in [3.05, 3.63) is 43.0 Å². The van der Waals surface area contributed by atoms with Gasteiger partial charge in [-0.15, -0.1) is 0 Å². The quantitative estimate of drug-likeness (QED) is 0.377. The molecule has 1 aromatic carbocycles. The average Bonchev–Trinajstić information content (AvgIpc) is 3.33. The van der Waals surface area contributed by atoms with Crippen LogP contribution in [0.5, 0.6) is 0 Å². The lowest BCUT2D eigenvalue weighted by Crippen LogP contribution is -2.30. The minimum absolute atomic E-state index is 0.234. The third-order valence-corrected chi connectivity index (χ3v) is 5.39. The van der Waals surface area contributed by atoms with Crippen molar-refractivity contribution in [3.8, 4) is 11.4 Å². The Morgan fingerprint density at radius 2 is 2.12 bits per heavy atom. The maximum atomic E-state index is 12.6. The van der Waals surface area contributed by atoms with E-state index in [1.165, 1.54) is 10.9 Å². The van der Waals surface area contributed by atoms with Crippen LogP contribution in [0.1, 0.15) is 12.8 Å². The molecule has 4 aromatic rings. The second-order valence-electron chi connectivity index (χ2n) is 7.80. The molecule has 3 heterocycles. The summed E-state index contributed by atoms with van der Waals surface area (Å²) in [6.07, 6.45) is 7.18. The fourth-order valence-corrected chi connectivity index (χ4v) is 3.56. The van der Waals surface area contributed by atoms with Gasteiger partial charge in [-0.1, -0.05) is 12.1 Å². The van der Waals surface area contributed by atoms with Crippen LogP contribution in [-0.2, 0) is 11.3 Å². The topological polar surface area (TPSA) is 124 Å². The Balaban J connectivity index is 1.45. The normalized spacial score (nSPS) is 13.3. The van der Waals surface area contributed by atoms with E-state index in [0.717, 1.165) is 29.9 Å². The number of nitrogens with one attached hydrogen (secondary N) is 3. The summed E-state index contributed by atoms with van der Waals surface area (Å²) >= 11 is 0. The first-order valence-corrected chi connectivity index (χ1v) is 10.8. The van der Waals surface area contributed by atoms with Gasteiger partial charge >= 0.3 is 6.03 Å². The molecule has 11 heteroatoms. The number of aromatic nitrogens is 6. The third kappa shape index (κ3) is 4.35. The van der Waals surface area contributed by atoms with E-state index in [1.54, 1.807) is 20.4 Å². The Bertz CT molecular complexity index is 1290. The molecular formula is C22H25N9O2. The molecule has 0 saturated heterocycles. The predicted molar refractivity (Wildman–Crippen MR) is 125 cm³/mol. The van der Waals surface area contributed by atoms with Gasteiger partial charge in [-0.25, -0.2) is 19.3 Å². The van der Waals surface area contributed by atoms with Crippen molar-refractivity contribution < 1.29 is 9.53 Å². The van der Waals surface area contributed by atoms with Gasteiger partial charge in [-0.05, 0) is 25.0 Å². The van der Waals surface area contributed by atoms with Gasteiger partial charge < -0.3 is 25.3 Å². The number of imidazole rings is 2. The lowest BCUT2D eigenvalue weighted by atomic mass is 10.2. The van der Waals surface area contributed by atoms with Crippen LogP contribution in [0.4, 0.5) is 22.2 Å². The fraction of sp³-hybridized carbons (Fsp3) is 0.318. The summed E-state index contributed by atoms with van der Waals surface area (Å²) in [6, 6.07) is 7.84. The summed E-state index contributed by atoms with van der Waals surface area (Å²) in [5, 5.41) is 9.25. The van der Waals surface area contributed by atoms with Crippen molar-refractivity contribution in [2.24, 2.45) is 0 Å². The Hall–Kier alpha value is -3.99. The van der Waals surface area contributed by atoms with Gasteiger partial charge in [-0.3, -0.25) is 0 Å². The van der Waals surface area contributed by atoms with Crippen molar-refractivity contribution in [1.29, 1.82) is 0 Å². The van der Waals surface area contributed by atoms with Gasteiger partial charge in [0.15, 0.2) is 17.0 Å². The van der Waals surface area contributed by atoms with E-state index in [-0.39, 0.29) is 12.1 Å². The van der Waals surface area contributed by atoms with Gasteiger partial charge in [0.1, 0.15) is 12.2 Å². The van der Waals surface area contributed by atoms with Gasteiger partial charge in [-0.2, -0.15) is 9.97 Å². The van der Waals surface area contributed by atoms with Crippen LogP contribution in [-0.4, -0.2) is 61.9 Å². The Morgan fingerprint density at radius 3 is 2.91 bits per heavy atom. The molecule has 3 aromatic heterocycles. The highest BCUT2D eigenvalue weighted by atomic mass is 16.5. The van der Waals surface area contributed by atoms with E-state index < -0.39 is 0 Å². The molecule has 5 rings (SSSR count). The SMILES string of the molecule is CNc1nc(Nc2cccc(-c3nccn3CCOC)c2)nc2c1ncn2C(=O)NC1CC1.